The number of para-hydroxylation sites is 1. The average molecular weight is 228 g/mol. The molecule has 0 aliphatic heterocycles. The number of aryl methyl sites for hydroxylation is 1. The molecule has 0 aliphatic rings. The molecule has 0 saturated carbocycles. The second kappa shape index (κ2) is 5.34. The maximum atomic E-state index is 5.83. The summed E-state index contributed by atoms with van der Waals surface area (Å²) in [6.07, 6.45) is 2.51. The van der Waals surface area contributed by atoms with Gasteiger partial charge in [-0.3, -0.25) is 0 Å². The van der Waals surface area contributed by atoms with E-state index in [0.29, 0.717) is 12.4 Å². The van der Waals surface area contributed by atoms with Crippen LogP contribution in [-0.2, 0) is 6.42 Å². The van der Waals surface area contributed by atoms with Gasteiger partial charge in [0.2, 0.25) is 0 Å². The summed E-state index contributed by atoms with van der Waals surface area (Å²) in [6.45, 7) is 2.65. The monoisotopic (exact) mass is 228 g/mol. The van der Waals surface area contributed by atoms with Crippen LogP contribution in [0.2, 0.25) is 0 Å². The smallest absolute Gasteiger partial charge is 0.126 e. The number of nitrogen functional groups attached to an aromatic ring is 1. The molecule has 1 aromatic heterocycles. The van der Waals surface area contributed by atoms with Gasteiger partial charge in [0.05, 0.1) is 6.61 Å². The Morgan fingerprint density at radius 3 is 2.65 bits per heavy atom. The van der Waals surface area contributed by atoms with E-state index in [4.69, 9.17) is 10.5 Å². The van der Waals surface area contributed by atoms with Crippen molar-refractivity contribution in [2.24, 2.45) is 0 Å². The third kappa shape index (κ3) is 2.97. The Balaban J connectivity index is 1.95. The van der Waals surface area contributed by atoms with Gasteiger partial charge in [0.1, 0.15) is 11.6 Å². The lowest BCUT2D eigenvalue weighted by Crippen LogP contribution is -2.06. The number of benzene rings is 1. The van der Waals surface area contributed by atoms with Gasteiger partial charge in [-0.1, -0.05) is 18.2 Å². The standard InChI is InChI=1S/C14H16N2O/c1-11-7-9-16-14(15)13(11)8-10-17-12-5-3-2-4-6-12/h2-7,9H,8,10H2,1H3,(H2,15,16). The van der Waals surface area contributed by atoms with Crippen LogP contribution in [0.15, 0.2) is 42.6 Å². The van der Waals surface area contributed by atoms with Crippen LogP contribution in [0, 0.1) is 6.92 Å². The Morgan fingerprint density at radius 1 is 1.18 bits per heavy atom. The van der Waals surface area contributed by atoms with Gasteiger partial charge >= 0.3 is 0 Å². The number of nitrogens with two attached hydrogens (primary N) is 1. The second-order valence-corrected chi connectivity index (χ2v) is 3.90. The lowest BCUT2D eigenvalue weighted by molar-refractivity contribution is 0.322. The van der Waals surface area contributed by atoms with Crippen LogP contribution in [0.4, 0.5) is 5.82 Å². The molecule has 1 aromatic carbocycles. The molecule has 0 amide bonds. The fourth-order valence-corrected chi connectivity index (χ4v) is 1.72. The lowest BCUT2D eigenvalue weighted by atomic mass is 10.1. The number of hydrogen-bond acceptors (Lipinski definition) is 3. The first-order valence-corrected chi connectivity index (χ1v) is 5.65. The Kier molecular flexibility index (Phi) is 3.60. The van der Waals surface area contributed by atoms with E-state index in [9.17, 15) is 0 Å². The summed E-state index contributed by atoms with van der Waals surface area (Å²) >= 11 is 0. The molecule has 88 valence electrons. The summed E-state index contributed by atoms with van der Waals surface area (Å²) < 4.78 is 5.64. The molecular weight excluding hydrogens is 212 g/mol. The highest BCUT2D eigenvalue weighted by Gasteiger charge is 2.04. The molecule has 0 unspecified atom stereocenters. The minimum absolute atomic E-state index is 0.599. The van der Waals surface area contributed by atoms with Crippen molar-refractivity contribution in [1.82, 2.24) is 4.98 Å². The molecule has 1 heterocycles. The summed E-state index contributed by atoms with van der Waals surface area (Å²) in [5.41, 5.74) is 8.07. The molecule has 0 saturated heterocycles. The van der Waals surface area contributed by atoms with Crippen molar-refractivity contribution in [2.75, 3.05) is 12.3 Å². The van der Waals surface area contributed by atoms with Crippen molar-refractivity contribution in [3.05, 3.63) is 53.7 Å². The number of ether oxygens (including phenoxy) is 1. The molecule has 3 heteroatoms. The third-order valence-corrected chi connectivity index (χ3v) is 2.69. The molecule has 2 aromatic rings. The van der Waals surface area contributed by atoms with E-state index in [0.717, 1.165) is 23.3 Å². The van der Waals surface area contributed by atoms with Gasteiger partial charge in [-0.25, -0.2) is 4.98 Å². The molecule has 0 aliphatic carbocycles. The highest BCUT2D eigenvalue weighted by Crippen LogP contribution is 2.15. The van der Waals surface area contributed by atoms with Crippen LogP contribution in [0.5, 0.6) is 5.75 Å². The van der Waals surface area contributed by atoms with Crippen LogP contribution >= 0.6 is 0 Å². The summed E-state index contributed by atoms with van der Waals surface area (Å²) in [4.78, 5) is 4.09. The molecule has 0 atom stereocenters. The topological polar surface area (TPSA) is 48.1 Å². The normalized spacial score (nSPS) is 10.2. The van der Waals surface area contributed by atoms with Gasteiger partial charge in [0.25, 0.3) is 0 Å². The molecule has 17 heavy (non-hydrogen) atoms. The Bertz CT molecular complexity index is 463. The number of pyridine rings is 1. The van der Waals surface area contributed by atoms with Crippen LogP contribution < -0.4 is 10.5 Å². The fraction of sp³-hybridized carbons (Fsp3) is 0.214. The van der Waals surface area contributed by atoms with Crippen LogP contribution in [0.3, 0.4) is 0 Å². The molecule has 2 N–H and O–H groups in total. The van der Waals surface area contributed by atoms with E-state index >= 15 is 0 Å². The van der Waals surface area contributed by atoms with Crippen LogP contribution in [0.1, 0.15) is 11.1 Å². The number of hydrogen-bond donors (Lipinski definition) is 1. The van der Waals surface area contributed by atoms with Gasteiger partial charge in [0.15, 0.2) is 0 Å². The third-order valence-electron chi connectivity index (χ3n) is 2.69. The molecular formula is C14H16N2O. The molecule has 0 fully saturated rings. The fourth-order valence-electron chi connectivity index (χ4n) is 1.72. The van der Waals surface area contributed by atoms with Gasteiger partial charge in [-0.05, 0) is 30.7 Å². The molecule has 0 spiro atoms. The van der Waals surface area contributed by atoms with Crippen molar-refractivity contribution >= 4 is 5.82 Å². The second-order valence-electron chi connectivity index (χ2n) is 3.90. The van der Waals surface area contributed by atoms with E-state index in [1.807, 2.05) is 43.3 Å². The van der Waals surface area contributed by atoms with E-state index in [2.05, 4.69) is 4.98 Å². The van der Waals surface area contributed by atoms with E-state index < -0.39 is 0 Å². The molecule has 2 rings (SSSR count). The zero-order valence-corrected chi connectivity index (χ0v) is 9.89. The first kappa shape index (κ1) is 11.5. The minimum Gasteiger partial charge on any atom is -0.493 e. The average Bonchev–Trinajstić information content (AvgIpc) is 2.34. The first-order chi connectivity index (χ1) is 8.27. The van der Waals surface area contributed by atoms with Crippen molar-refractivity contribution < 1.29 is 4.74 Å². The lowest BCUT2D eigenvalue weighted by Gasteiger charge is -2.09. The molecule has 0 radical (unpaired) electrons. The van der Waals surface area contributed by atoms with Crippen LogP contribution in [-0.4, -0.2) is 11.6 Å². The Hall–Kier alpha value is -2.03. The summed E-state index contributed by atoms with van der Waals surface area (Å²) in [7, 11) is 0. The van der Waals surface area contributed by atoms with Crippen molar-refractivity contribution in [2.45, 2.75) is 13.3 Å². The van der Waals surface area contributed by atoms with Gasteiger partial charge < -0.3 is 10.5 Å². The summed E-state index contributed by atoms with van der Waals surface area (Å²) in [6, 6.07) is 11.7. The number of rotatable bonds is 4. The minimum atomic E-state index is 0.599. The number of nitrogens with zero attached hydrogens (tertiary/aromatic N) is 1. The molecule has 0 bridgehead atoms. The summed E-state index contributed by atoms with van der Waals surface area (Å²) in [5.74, 6) is 1.48. The van der Waals surface area contributed by atoms with E-state index in [-0.39, 0.29) is 0 Å². The maximum absolute atomic E-state index is 5.83. The first-order valence-electron chi connectivity index (χ1n) is 5.65. The highest BCUT2D eigenvalue weighted by atomic mass is 16.5. The van der Waals surface area contributed by atoms with Gasteiger partial charge in [0, 0.05) is 18.2 Å². The number of anilines is 1. The SMILES string of the molecule is Cc1ccnc(N)c1CCOc1ccccc1. The van der Waals surface area contributed by atoms with E-state index in [1.54, 1.807) is 6.20 Å². The quantitative estimate of drug-likeness (QED) is 0.875. The zero-order valence-electron chi connectivity index (χ0n) is 9.89. The van der Waals surface area contributed by atoms with Crippen LogP contribution in [0.25, 0.3) is 0 Å². The Labute approximate surface area is 101 Å². The number of aromatic nitrogens is 1. The van der Waals surface area contributed by atoms with Gasteiger partial charge in [-0.2, -0.15) is 0 Å². The van der Waals surface area contributed by atoms with Crippen molar-refractivity contribution in [1.29, 1.82) is 0 Å². The highest BCUT2D eigenvalue weighted by molar-refractivity contribution is 5.43. The molecule has 3 nitrogen and oxygen atoms in total. The largest absolute Gasteiger partial charge is 0.493 e. The van der Waals surface area contributed by atoms with Crippen molar-refractivity contribution in [3.63, 3.8) is 0 Å². The van der Waals surface area contributed by atoms with Crippen molar-refractivity contribution in [3.8, 4) is 5.75 Å². The zero-order chi connectivity index (χ0) is 12.1. The Morgan fingerprint density at radius 2 is 1.94 bits per heavy atom. The summed E-state index contributed by atoms with van der Waals surface area (Å²) in [5, 5.41) is 0. The van der Waals surface area contributed by atoms with Gasteiger partial charge in [-0.15, -0.1) is 0 Å². The predicted molar refractivity (Wildman–Crippen MR) is 69.0 cm³/mol. The maximum Gasteiger partial charge on any atom is 0.126 e. The van der Waals surface area contributed by atoms with E-state index in [1.165, 1.54) is 0 Å². The predicted octanol–water partition coefficient (Wildman–Crippen LogP) is 2.59.